The first-order chi connectivity index (χ1) is 7.87. The predicted molar refractivity (Wildman–Crippen MR) is 64.9 cm³/mol. The lowest BCUT2D eigenvalue weighted by molar-refractivity contribution is 0.0963. The van der Waals surface area contributed by atoms with E-state index in [2.05, 4.69) is 10.0 Å². The van der Waals surface area contributed by atoms with E-state index in [0.29, 0.717) is 11.3 Å². The summed E-state index contributed by atoms with van der Waals surface area (Å²) in [6.45, 7) is 0. The van der Waals surface area contributed by atoms with E-state index < -0.39 is 10.0 Å². The molecule has 0 radical (unpaired) electrons. The van der Waals surface area contributed by atoms with Gasteiger partial charge in [0.15, 0.2) is 0 Å². The molecule has 6 nitrogen and oxygen atoms in total. The number of ether oxygens (including phenoxy) is 1. The molecule has 94 valence electrons. The van der Waals surface area contributed by atoms with Gasteiger partial charge < -0.3 is 10.1 Å². The lowest BCUT2D eigenvalue weighted by atomic mass is 10.2. The van der Waals surface area contributed by atoms with Gasteiger partial charge in [-0.15, -0.1) is 0 Å². The molecule has 0 spiro atoms. The normalized spacial score (nSPS) is 10.8. The van der Waals surface area contributed by atoms with Crippen LogP contribution in [0.25, 0.3) is 0 Å². The van der Waals surface area contributed by atoms with Crippen molar-refractivity contribution in [2.24, 2.45) is 0 Å². The Morgan fingerprint density at radius 1 is 1.35 bits per heavy atom. The number of rotatable bonds is 4. The number of methoxy groups -OCH3 is 1. The number of carbonyl (C=O) groups is 1. The predicted octanol–water partition coefficient (Wildman–Crippen LogP) is 0.426. The zero-order valence-electron chi connectivity index (χ0n) is 9.77. The Bertz CT molecular complexity index is 525. The Kier molecular flexibility index (Phi) is 3.95. The van der Waals surface area contributed by atoms with Gasteiger partial charge in [-0.1, -0.05) is 0 Å². The third-order valence-electron chi connectivity index (χ3n) is 1.99. The van der Waals surface area contributed by atoms with Gasteiger partial charge in [0.05, 0.1) is 19.1 Å². The molecule has 0 aliphatic heterocycles. The molecule has 1 aromatic rings. The van der Waals surface area contributed by atoms with Gasteiger partial charge in [-0.05, 0) is 18.2 Å². The van der Waals surface area contributed by atoms with Crippen molar-refractivity contribution in [3.63, 3.8) is 0 Å². The zero-order valence-corrected chi connectivity index (χ0v) is 10.6. The number of hydrogen-bond acceptors (Lipinski definition) is 4. The standard InChI is InChI=1S/C10H14N2O4S/c1-11-10(13)7-4-5-8(9(6-7)16-2)12-17(3,14)15/h4-6,12H,1-3H3,(H,11,13). The van der Waals surface area contributed by atoms with E-state index in [0.717, 1.165) is 6.26 Å². The summed E-state index contributed by atoms with van der Waals surface area (Å²) in [7, 11) is -0.468. The molecule has 0 fully saturated rings. The van der Waals surface area contributed by atoms with Gasteiger partial charge in [0, 0.05) is 12.6 Å². The topological polar surface area (TPSA) is 84.5 Å². The summed E-state index contributed by atoms with van der Waals surface area (Å²) in [5, 5.41) is 2.47. The molecule has 1 rings (SSSR count). The molecule has 0 atom stereocenters. The Morgan fingerprint density at radius 3 is 2.47 bits per heavy atom. The first-order valence-electron chi connectivity index (χ1n) is 4.75. The van der Waals surface area contributed by atoms with Gasteiger partial charge >= 0.3 is 0 Å². The van der Waals surface area contributed by atoms with Crippen LogP contribution >= 0.6 is 0 Å². The Labute approximate surface area is 100 Å². The zero-order chi connectivity index (χ0) is 13.1. The maximum Gasteiger partial charge on any atom is 0.251 e. The summed E-state index contributed by atoms with van der Waals surface area (Å²) in [6, 6.07) is 4.45. The minimum atomic E-state index is -3.38. The number of sulfonamides is 1. The SMILES string of the molecule is CNC(=O)c1ccc(NS(C)(=O)=O)c(OC)c1. The van der Waals surface area contributed by atoms with E-state index in [1.807, 2.05) is 0 Å². The molecule has 0 saturated carbocycles. The lowest BCUT2D eigenvalue weighted by Crippen LogP contribution is -2.18. The number of anilines is 1. The monoisotopic (exact) mass is 258 g/mol. The first kappa shape index (κ1) is 13.3. The molecule has 0 aromatic heterocycles. The van der Waals surface area contributed by atoms with Crippen molar-refractivity contribution in [1.29, 1.82) is 0 Å². The highest BCUT2D eigenvalue weighted by molar-refractivity contribution is 7.92. The number of carbonyl (C=O) groups excluding carboxylic acids is 1. The average molecular weight is 258 g/mol. The van der Waals surface area contributed by atoms with Gasteiger partial charge in [0.25, 0.3) is 5.91 Å². The van der Waals surface area contributed by atoms with Crippen LogP contribution in [0.5, 0.6) is 5.75 Å². The second-order valence-electron chi connectivity index (χ2n) is 3.37. The largest absolute Gasteiger partial charge is 0.495 e. The number of hydrogen-bond donors (Lipinski definition) is 2. The third-order valence-corrected chi connectivity index (χ3v) is 2.58. The van der Waals surface area contributed by atoms with Crippen molar-refractivity contribution in [2.45, 2.75) is 0 Å². The van der Waals surface area contributed by atoms with Crippen LogP contribution in [0.3, 0.4) is 0 Å². The molecule has 0 unspecified atom stereocenters. The van der Waals surface area contributed by atoms with Crippen LogP contribution in [-0.2, 0) is 10.0 Å². The Balaban J connectivity index is 3.14. The summed E-state index contributed by atoms with van der Waals surface area (Å²) in [5.74, 6) is 0.0192. The van der Waals surface area contributed by atoms with Gasteiger partial charge in [0.2, 0.25) is 10.0 Å². The molecule has 0 saturated heterocycles. The summed E-state index contributed by atoms with van der Waals surface area (Å²) < 4.78 is 29.5. The van der Waals surface area contributed by atoms with E-state index in [9.17, 15) is 13.2 Å². The van der Waals surface area contributed by atoms with E-state index in [1.54, 1.807) is 0 Å². The summed E-state index contributed by atoms with van der Waals surface area (Å²) >= 11 is 0. The molecule has 0 bridgehead atoms. The second kappa shape index (κ2) is 5.05. The van der Waals surface area contributed by atoms with E-state index in [4.69, 9.17) is 4.74 Å². The van der Waals surface area contributed by atoms with Crippen LogP contribution in [0, 0.1) is 0 Å². The Hall–Kier alpha value is -1.76. The number of nitrogens with one attached hydrogen (secondary N) is 2. The highest BCUT2D eigenvalue weighted by Gasteiger charge is 2.11. The van der Waals surface area contributed by atoms with Crippen LogP contribution in [-0.4, -0.2) is 34.7 Å². The van der Waals surface area contributed by atoms with E-state index in [-0.39, 0.29) is 11.7 Å². The smallest absolute Gasteiger partial charge is 0.251 e. The molecule has 0 heterocycles. The molecule has 7 heteroatoms. The van der Waals surface area contributed by atoms with Crippen molar-refractivity contribution in [2.75, 3.05) is 25.1 Å². The summed E-state index contributed by atoms with van der Waals surface area (Å²) in [5.41, 5.74) is 0.686. The van der Waals surface area contributed by atoms with Crippen molar-refractivity contribution >= 4 is 21.6 Å². The molecule has 0 aliphatic carbocycles. The molecule has 0 aliphatic rings. The quantitative estimate of drug-likeness (QED) is 0.820. The van der Waals surface area contributed by atoms with E-state index in [1.165, 1.54) is 32.4 Å². The minimum absolute atomic E-state index is 0.269. The molecule has 17 heavy (non-hydrogen) atoms. The minimum Gasteiger partial charge on any atom is -0.495 e. The highest BCUT2D eigenvalue weighted by atomic mass is 32.2. The molecule has 1 amide bonds. The summed E-state index contributed by atoms with van der Waals surface area (Å²) in [6.07, 6.45) is 1.04. The number of amides is 1. The van der Waals surface area contributed by atoms with E-state index >= 15 is 0 Å². The van der Waals surface area contributed by atoms with Gasteiger partial charge in [0.1, 0.15) is 5.75 Å². The van der Waals surface area contributed by atoms with Crippen LogP contribution in [0.1, 0.15) is 10.4 Å². The fraction of sp³-hybridized carbons (Fsp3) is 0.300. The van der Waals surface area contributed by atoms with Gasteiger partial charge in [-0.25, -0.2) is 8.42 Å². The van der Waals surface area contributed by atoms with Crippen molar-refractivity contribution in [1.82, 2.24) is 5.32 Å². The average Bonchev–Trinajstić information content (AvgIpc) is 2.26. The maximum absolute atomic E-state index is 11.4. The van der Waals surface area contributed by atoms with Gasteiger partial charge in [-0.3, -0.25) is 9.52 Å². The molecule has 1 aromatic carbocycles. The van der Waals surface area contributed by atoms with Crippen LogP contribution in [0.2, 0.25) is 0 Å². The van der Waals surface area contributed by atoms with Crippen molar-refractivity contribution < 1.29 is 17.9 Å². The van der Waals surface area contributed by atoms with Gasteiger partial charge in [-0.2, -0.15) is 0 Å². The number of benzene rings is 1. The van der Waals surface area contributed by atoms with Crippen LogP contribution < -0.4 is 14.8 Å². The fourth-order valence-electron chi connectivity index (χ4n) is 1.26. The third kappa shape index (κ3) is 3.63. The van der Waals surface area contributed by atoms with Crippen LogP contribution in [0.15, 0.2) is 18.2 Å². The Morgan fingerprint density at radius 2 is 2.00 bits per heavy atom. The van der Waals surface area contributed by atoms with Crippen molar-refractivity contribution in [3.05, 3.63) is 23.8 Å². The van der Waals surface area contributed by atoms with Crippen LogP contribution in [0.4, 0.5) is 5.69 Å². The second-order valence-corrected chi connectivity index (χ2v) is 5.12. The van der Waals surface area contributed by atoms with Crippen molar-refractivity contribution in [3.8, 4) is 5.75 Å². The summed E-state index contributed by atoms with van der Waals surface area (Å²) in [4.78, 5) is 11.4. The highest BCUT2D eigenvalue weighted by Crippen LogP contribution is 2.26. The molecular formula is C10H14N2O4S. The maximum atomic E-state index is 11.4. The fourth-order valence-corrected chi connectivity index (χ4v) is 1.83. The molecular weight excluding hydrogens is 244 g/mol. The first-order valence-corrected chi connectivity index (χ1v) is 6.64. The molecule has 2 N–H and O–H groups in total. The lowest BCUT2D eigenvalue weighted by Gasteiger charge is -2.10.